The van der Waals surface area contributed by atoms with E-state index in [9.17, 15) is 4.79 Å². The van der Waals surface area contributed by atoms with Crippen LogP contribution in [0.5, 0.6) is 5.75 Å². The summed E-state index contributed by atoms with van der Waals surface area (Å²) in [5, 5.41) is 8.05. The average molecular weight is 315 g/mol. The summed E-state index contributed by atoms with van der Waals surface area (Å²) >= 11 is 0. The highest BCUT2D eigenvalue weighted by Gasteiger charge is 2.16. The molecule has 0 aliphatic rings. The van der Waals surface area contributed by atoms with Crippen molar-refractivity contribution >= 4 is 6.29 Å². The SMILES string of the molecule is CCCCCCOc1ccc(-n2nnc(C=O)c2C(C)C)cc1. The summed E-state index contributed by atoms with van der Waals surface area (Å²) in [5.41, 5.74) is 2.11. The van der Waals surface area contributed by atoms with E-state index in [1.807, 2.05) is 38.1 Å². The van der Waals surface area contributed by atoms with E-state index in [0.717, 1.165) is 36.4 Å². The van der Waals surface area contributed by atoms with Crippen molar-refractivity contribution in [1.29, 1.82) is 0 Å². The number of aromatic nitrogens is 3. The Morgan fingerprint density at radius 2 is 1.91 bits per heavy atom. The van der Waals surface area contributed by atoms with E-state index in [-0.39, 0.29) is 5.92 Å². The molecule has 0 saturated carbocycles. The molecule has 0 bridgehead atoms. The molecule has 0 spiro atoms. The maximum Gasteiger partial charge on any atom is 0.172 e. The van der Waals surface area contributed by atoms with Crippen molar-refractivity contribution in [3.05, 3.63) is 35.7 Å². The fourth-order valence-electron chi connectivity index (χ4n) is 2.52. The number of unbranched alkanes of at least 4 members (excludes halogenated alkanes) is 3. The van der Waals surface area contributed by atoms with E-state index in [4.69, 9.17) is 4.74 Å². The minimum absolute atomic E-state index is 0.166. The van der Waals surface area contributed by atoms with Gasteiger partial charge in [-0.3, -0.25) is 4.79 Å². The summed E-state index contributed by atoms with van der Waals surface area (Å²) in [6.07, 6.45) is 5.53. The monoisotopic (exact) mass is 315 g/mol. The molecule has 2 aromatic rings. The van der Waals surface area contributed by atoms with Crippen LogP contribution in [0.4, 0.5) is 0 Å². The second-order valence-corrected chi connectivity index (χ2v) is 5.95. The van der Waals surface area contributed by atoms with Crippen LogP contribution in [0.1, 0.15) is 68.6 Å². The first-order valence-corrected chi connectivity index (χ1v) is 8.31. The van der Waals surface area contributed by atoms with Gasteiger partial charge in [-0.1, -0.05) is 45.2 Å². The van der Waals surface area contributed by atoms with Crippen molar-refractivity contribution in [3.8, 4) is 11.4 Å². The van der Waals surface area contributed by atoms with Gasteiger partial charge in [-0.2, -0.15) is 0 Å². The number of carbonyl (C=O) groups excluding carboxylic acids is 1. The van der Waals surface area contributed by atoms with E-state index >= 15 is 0 Å². The highest BCUT2D eigenvalue weighted by Crippen LogP contribution is 2.22. The van der Waals surface area contributed by atoms with Gasteiger partial charge in [0.2, 0.25) is 0 Å². The van der Waals surface area contributed by atoms with Gasteiger partial charge in [0.25, 0.3) is 0 Å². The van der Waals surface area contributed by atoms with E-state index in [1.165, 1.54) is 19.3 Å². The number of benzene rings is 1. The predicted octanol–water partition coefficient (Wildman–Crippen LogP) is 4.16. The van der Waals surface area contributed by atoms with Crippen molar-refractivity contribution in [2.45, 2.75) is 52.4 Å². The Labute approximate surface area is 137 Å². The van der Waals surface area contributed by atoms with Crippen molar-refractivity contribution in [3.63, 3.8) is 0 Å². The largest absolute Gasteiger partial charge is 0.494 e. The average Bonchev–Trinajstić information content (AvgIpc) is 2.99. The molecule has 0 unspecified atom stereocenters. The smallest absolute Gasteiger partial charge is 0.172 e. The maximum atomic E-state index is 11.1. The first-order valence-electron chi connectivity index (χ1n) is 8.31. The third kappa shape index (κ3) is 4.41. The second-order valence-electron chi connectivity index (χ2n) is 5.95. The summed E-state index contributed by atoms with van der Waals surface area (Å²) in [7, 11) is 0. The number of carbonyl (C=O) groups is 1. The Balaban J connectivity index is 2.05. The molecule has 1 aromatic heterocycles. The topological polar surface area (TPSA) is 57.0 Å². The standard InChI is InChI=1S/C18H25N3O2/c1-4-5-6-7-12-23-16-10-8-15(9-11-16)21-18(14(2)3)17(13-22)19-20-21/h8-11,13-14H,4-7,12H2,1-3H3. The third-order valence-corrected chi connectivity index (χ3v) is 3.74. The zero-order chi connectivity index (χ0) is 16.7. The van der Waals surface area contributed by atoms with Gasteiger partial charge in [-0.15, -0.1) is 5.10 Å². The lowest BCUT2D eigenvalue weighted by Gasteiger charge is -2.11. The zero-order valence-electron chi connectivity index (χ0n) is 14.2. The van der Waals surface area contributed by atoms with Gasteiger partial charge >= 0.3 is 0 Å². The van der Waals surface area contributed by atoms with Crippen LogP contribution in [0.3, 0.4) is 0 Å². The Morgan fingerprint density at radius 3 is 2.52 bits per heavy atom. The van der Waals surface area contributed by atoms with Crippen LogP contribution < -0.4 is 4.74 Å². The maximum absolute atomic E-state index is 11.1. The van der Waals surface area contributed by atoms with Gasteiger partial charge in [-0.05, 0) is 36.6 Å². The van der Waals surface area contributed by atoms with Crippen molar-refractivity contribution in [2.24, 2.45) is 0 Å². The van der Waals surface area contributed by atoms with Crippen LogP contribution >= 0.6 is 0 Å². The Bertz CT molecular complexity index is 618. The molecule has 5 heteroatoms. The van der Waals surface area contributed by atoms with Gasteiger partial charge in [0.05, 0.1) is 18.0 Å². The lowest BCUT2D eigenvalue weighted by atomic mass is 10.1. The molecule has 0 atom stereocenters. The molecule has 1 heterocycles. The van der Waals surface area contributed by atoms with Crippen LogP contribution in [-0.2, 0) is 0 Å². The van der Waals surface area contributed by atoms with Crippen LogP contribution in [0.15, 0.2) is 24.3 Å². The van der Waals surface area contributed by atoms with Crippen molar-refractivity contribution in [2.75, 3.05) is 6.61 Å². The first kappa shape index (κ1) is 17.2. The lowest BCUT2D eigenvalue weighted by Crippen LogP contribution is -2.05. The molecule has 0 aliphatic carbocycles. The zero-order valence-corrected chi connectivity index (χ0v) is 14.2. The molecule has 1 aromatic carbocycles. The number of hydrogen-bond acceptors (Lipinski definition) is 4. The van der Waals surface area contributed by atoms with E-state index in [0.29, 0.717) is 5.69 Å². The Kier molecular flexibility index (Phi) is 6.32. The van der Waals surface area contributed by atoms with Gasteiger partial charge < -0.3 is 4.74 Å². The predicted molar refractivity (Wildman–Crippen MR) is 90.5 cm³/mol. The van der Waals surface area contributed by atoms with Crippen molar-refractivity contribution < 1.29 is 9.53 Å². The number of aldehydes is 1. The summed E-state index contributed by atoms with van der Waals surface area (Å²) in [6, 6.07) is 7.75. The van der Waals surface area contributed by atoms with E-state index in [2.05, 4.69) is 17.2 Å². The first-order chi connectivity index (χ1) is 11.2. The fraction of sp³-hybridized carbons (Fsp3) is 0.500. The lowest BCUT2D eigenvalue weighted by molar-refractivity contribution is 0.111. The van der Waals surface area contributed by atoms with Crippen LogP contribution in [0, 0.1) is 0 Å². The Hall–Kier alpha value is -2.17. The number of rotatable bonds is 9. The summed E-state index contributed by atoms with van der Waals surface area (Å²) < 4.78 is 7.47. The van der Waals surface area contributed by atoms with Crippen LogP contribution in [0.25, 0.3) is 5.69 Å². The third-order valence-electron chi connectivity index (χ3n) is 3.74. The highest BCUT2D eigenvalue weighted by atomic mass is 16.5. The Morgan fingerprint density at radius 1 is 1.17 bits per heavy atom. The molecule has 0 saturated heterocycles. The molecule has 0 radical (unpaired) electrons. The summed E-state index contributed by atoms with van der Waals surface area (Å²) in [4.78, 5) is 11.1. The summed E-state index contributed by atoms with van der Waals surface area (Å²) in [6.45, 7) is 6.99. The minimum atomic E-state index is 0.166. The molecule has 0 aliphatic heterocycles. The number of hydrogen-bond donors (Lipinski definition) is 0. The van der Waals surface area contributed by atoms with Crippen LogP contribution in [-0.4, -0.2) is 27.9 Å². The molecule has 0 fully saturated rings. The fourth-order valence-corrected chi connectivity index (χ4v) is 2.52. The van der Waals surface area contributed by atoms with E-state index in [1.54, 1.807) is 4.68 Å². The molecule has 0 N–H and O–H groups in total. The molecule has 5 nitrogen and oxygen atoms in total. The quantitative estimate of drug-likeness (QED) is 0.515. The number of nitrogens with zero attached hydrogens (tertiary/aromatic N) is 3. The normalized spacial score (nSPS) is 11.0. The van der Waals surface area contributed by atoms with Crippen molar-refractivity contribution in [1.82, 2.24) is 15.0 Å². The number of ether oxygens (including phenoxy) is 1. The summed E-state index contributed by atoms with van der Waals surface area (Å²) in [5.74, 6) is 1.02. The van der Waals surface area contributed by atoms with Crippen LogP contribution in [0.2, 0.25) is 0 Å². The minimum Gasteiger partial charge on any atom is -0.494 e. The van der Waals surface area contributed by atoms with Gasteiger partial charge in [0, 0.05) is 0 Å². The molecule has 23 heavy (non-hydrogen) atoms. The molecular formula is C18H25N3O2. The van der Waals surface area contributed by atoms with Gasteiger partial charge in [0.15, 0.2) is 6.29 Å². The van der Waals surface area contributed by atoms with Gasteiger partial charge in [0.1, 0.15) is 11.4 Å². The molecule has 0 amide bonds. The molecule has 124 valence electrons. The second kappa shape index (κ2) is 8.46. The van der Waals surface area contributed by atoms with Gasteiger partial charge in [-0.25, -0.2) is 4.68 Å². The molecular weight excluding hydrogens is 290 g/mol. The highest BCUT2D eigenvalue weighted by molar-refractivity contribution is 5.73. The van der Waals surface area contributed by atoms with E-state index < -0.39 is 0 Å². The molecule has 2 rings (SSSR count).